The number of nitrogens with zero attached hydrogens (tertiary/aromatic N) is 1. The first-order valence-electron chi connectivity index (χ1n) is 7.04. The molecule has 3 atom stereocenters. The number of hydrogen-bond donors (Lipinski definition) is 0. The van der Waals surface area contributed by atoms with Gasteiger partial charge in [0.05, 0.1) is 0 Å². The van der Waals surface area contributed by atoms with Crippen LogP contribution >= 0.6 is 0 Å². The Bertz CT molecular complexity index is 511. The van der Waals surface area contributed by atoms with Gasteiger partial charge in [-0.2, -0.15) is 0 Å². The Kier molecular flexibility index (Phi) is 3.00. The van der Waals surface area contributed by atoms with Gasteiger partial charge in [0.1, 0.15) is 11.6 Å². The van der Waals surface area contributed by atoms with Crippen LogP contribution < -0.4 is 0 Å². The van der Waals surface area contributed by atoms with Crippen LogP contribution in [-0.4, -0.2) is 16.6 Å². The minimum absolute atomic E-state index is 0.247. The molecule has 1 aromatic heterocycles. The zero-order chi connectivity index (χ0) is 13.5. The van der Waals surface area contributed by atoms with E-state index in [1.54, 1.807) is 6.20 Å². The van der Waals surface area contributed by atoms with Crippen LogP contribution in [0.5, 0.6) is 0 Å². The van der Waals surface area contributed by atoms with E-state index < -0.39 is 5.41 Å². The van der Waals surface area contributed by atoms with Crippen molar-refractivity contribution in [1.82, 2.24) is 4.98 Å². The number of rotatable bonds is 2. The van der Waals surface area contributed by atoms with E-state index in [0.29, 0.717) is 37.4 Å². The largest absolute Gasteiger partial charge is 0.300 e. The van der Waals surface area contributed by atoms with E-state index in [-0.39, 0.29) is 11.7 Å². The zero-order valence-electron chi connectivity index (χ0n) is 11.3. The van der Waals surface area contributed by atoms with Crippen LogP contribution in [0.2, 0.25) is 0 Å². The Hall–Kier alpha value is -1.51. The predicted octanol–water partition coefficient (Wildman–Crippen LogP) is 2.59. The Balaban J connectivity index is 1.94. The lowest BCUT2D eigenvalue weighted by atomic mass is 9.62. The van der Waals surface area contributed by atoms with Gasteiger partial charge in [0.2, 0.25) is 0 Å². The van der Waals surface area contributed by atoms with Crippen molar-refractivity contribution in [1.29, 1.82) is 0 Å². The van der Waals surface area contributed by atoms with Gasteiger partial charge in [-0.1, -0.05) is 13.0 Å². The number of carbonyl (C=O) groups is 2. The predicted molar refractivity (Wildman–Crippen MR) is 71.5 cm³/mol. The summed E-state index contributed by atoms with van der Waals surface area (Å²) in [6, 6.07) is 3.90. The average Bonchev–Trinajstić information content (AvgIpc) is 2.67. The van der Waals surface area contributed by atoms with Crippen molar-refractivity contribution in [2.24, 2.45) is 17.3 Å². The lowest BCUT2D eigenvalue weighted by Gasteiger charge is -2.40. The molecule has 100 valence electrons. The van der Waals surface area contributed by atoms with Gasteiger partial charge < -0.3 is 0 Å². The molecule has 3 nitrogen and oxygen atoms in total. The smallest absolute Gasteiger partial charge is 0.140 e. The van der Waals surface area contributed by atoms with Crippen LogP contribution in [-0.2, 0) is 16.0 Å². The van der Waals surface area contributed by atoms with Gasteiger partial charge in [-0.3, -0.25) is 14.6 Å². The van der Waals surface area contributed by atoms with Crippen LogP contribution in [0.1, 0.15) is 38.2 Å². The highest BCUT2D eigenvalue weighted by Crippen LogP contribution is 2.52. The van der Waals surface area contributed by atoms with E-state index in [4.69, 9.17) is 0 Å². The summed E-state index contributed by atoms with van der Waals surface area (Å²) in [7, 11) is 0. The van der Waals surface area contributed by atoms with Crippen molar-refractivity contribution in [2.75, 3.05) is 0 Å². The zero-order valence-corrected chi connectivity index (χ0v) is 11.3. The van der Waals surface area contributed by atoms with Crippen LogP contribution in [0.25, 0.3) is 0 Å². The van der Waals surface area contributed by atoms with Gasteiger partial charge in [0, 0.05) is 37.1 Å². The van der Waals surface area contributed by atoms with Crippen molar-refractivity contribution >= 4 is 11.6 Å². The first kappa shape index (κ1) is 12.5. The van der Waals surface area contributed by atoms with Gasteiger partial charge in [0.15, 0.2) is 0 Å². The molecule has 19 heavy (non-hydrogen) atoms. The third-order valence-electron chi connectivity index (χ3n) is 4.79. The molecule has 2 aliphatic rings. The quantitative estimate of drug-likeness (QED) is 0.818. The van der Waals surface area contributed by atoms with E-state index in [0.717, 1.165) is 12.0 Å². The van der Waals surface area contributed by atoms with E-state index in [9.17, 15) is 9.59 Å². The number of fused-ring (bicyclic) bond motifs is 1. The molecule has 2 saturated carbocycles. The maximum Gasteiger partial charge on any atom is 0.140 e. The van der Waals surface area contributed by atoms with E-state index in [1.165, 1.54) is 0 Å². The minimum atomic E-state index is -0.424. The molecule has 2 aliphatic carbocycles. The van der Waals surface area contributed by atoms with Crippen LogP contribution in [0.3, 0.4) is 0 Å². The maximum atomic E-state index is 12.6. The summed E-state index contributed by atoms with van der Waals surface area (Å²) in [5.41, 5.74) is 0.650. The van der Waals surface area contributed by atoms with E-state index >= 15 is 0 Å². The maximum absolute atomic E-state index is 12.6. The molecule has 0 spiro atoms. The summed E-state index contributed by atoms with van der Waals surface area (Å²) in [5, 5.41) is 0. The molecule has 0 bridgehead atoms. The number of Topliss-reactive ketones (excluding diaryl/α,β-unsaturated/α-hetero) is 2. The normalized spacial score (nSPS) is 34.4. The van der Waals surface area contributed by atoms with Crippen LogP contribution in [0, 0.1) is 17.3 Å². The first-order valence-corrected chi connectivity index (χ1v) is 7.04. The Labute approximate surface area is 113 Å². The second-order valence-corrected chi connectivity index (χ2v) is 6.28. The molecular formula is C16H19NO2. The summed E-state index contributed by atoms with van der Waals surface area (Å²) in [4.78, 5) is 28.6. The molecule has 3 rings (SSSR count). The molecule has 0 unspecified atom stereocenters. The molecule has 0 aromatic carbocycles. The first-order chi connectivity index (χ1) is 9.10. The summed E-state index contributed by atoms with van der Waals surface area (Å²) >= 11 is 0. The number of ketones is 2. The molecule has 0 amide bonds. The van der Waals surface area contributed by atoms with Gasteiger partial charge in [0.25, 0.3) is 0 Å². The van der Waals surface area contributed by atoms with Crippen molar-refractivity contribution in [3.8, 4) is 0 Å². The standard InChI is InChI=1S/C16H19NO2/c1-11-5-13-7-14(18)9-16(13,15(19)6-11)8-12-3-2-4-17-10-12/h2-4,10-11,13H,5-9H2,1H3/t11-,13+,16-/m0/s1. The molecule has 0 aliphatic heterocycles. The van der Waals surface area contributed by atoms with Crippen molar-refractivity contribution in [3.63, 3.8) is 0 Å². The number of aromatic nitrogens is 1. The number of carbonyl (C=O) groups excluding carboxylic acids is 2. The van der Waals surface area contributed by atoms with Gasteiger partial charge in [-0.05, 0) is 36.3 Å². The van der Waals surface area contributed by atoms with E-state index in [2.05, 4.69) is 11.9 Å². The Morgan fingerprint density at radius 2 is 2.21 bits per heavy atom. The topological polar surface area (TPSA) is 47.0 Å². The number of hydrogen-bond acceptors (Lipinski definition) is 3. The fraction of sp³-hybridized carbons (Fsp3) is 0.562. The Morgan fingerprint density at radius 1 is 1.37 bits per heavy atom. The molecule has 1 aromatic rings. The fourth-order valence-corrected chi connectivity index (χ4v) is 3.93. The lowest BCUT2D eigenvalue weighted by Crippen LogP contribution is -2.42. The van der Waals surface area contributed by atoms with E-state index in [1.807, 2.05) is 18.3 Å². The van der Waals surface area contributed by atoms with Crippen molar-refractivity contribution in [3.05, 3.63) is 30.1 Å². The lowest BCUT2D eigenvalue weighted by molar-refractivity contribution is -0.136. The number of pyridine rings is 1. The monoisotopic (exact) mass is 257 g/mol. The van der Waals surface area contributed by atoms with Gasteiger partial charge >= 0.3 is 0 Å². The molecule has 0 saturated heterocycles. The Morgan fingerprint density at radius 3 is 2.95 bits per heavy atom. The van der Waals surface area contributed by atoms with Crippen molar-refractivity contribution in [2.45, 2.75) is 39.0 Å². The highest BCUT2D eigenvalue weighted by molar-refractivity contribution is 5.95. The molecule has 2 fully saturated rings. The minimum Gasteiger partial charge on any atom is -0.300 e. The SMILES string of the molecule is C[C@@H]1CC(=O)[C@@]2(Cc3cccnc3)CC(=O)C[C@H]2C1. The molecule has 0 radical (unpaired) electrons. The third-order valence-corrected chi connectivity index (χ3v) is 4.79. The highest BCUT2D eigenvalue weighted by Gasteiger charge is 2.54. The molecule has 3 heteroatoms. The third kappa shape index (κ3) is 2.11. The second kappa shape index (κ2) is 4.55. The van der Waals surface area contributed by atoms with Gasteiger partial charge in [-0.25, -0.2) is 0 Å². The molecular weight excluding hydrogens is 238 g/mol. The molecule has 1 heterocycles. The van der Waals surface area contributed by atoms with Crippen molar-refractivity contribution < 1.29 is 9.59 Å². The average molecular weight is 257 g/mol. The summed E-state index contributed by atoms with van der Waals surface area (Å²) < 4.78 is 0. The summed E-state index contributed by atoms with van der Waals surface area (Å²) in [5.74, 6) is 1.23. The molecule has 0 N–H and O–H groups in total. The summed E-state index contributed by atoms with van der Waals surface area (Å²) in [6.45, 7) is 2.12. The van der Waals surface area contributed by atoms with Gasteiger partial charge in [-0.15, -0.1) is 0 Å². The van der Waals surface area contributed by atoms with Crippen LogP contribution in [0.15, 0.2) is 24.5 Å². The fourth-order valence-electron chi connectivity index (χ4n) is 3.93. The second-order valence-electron chi connectivity index (χ2n) is 6.28. The summed E-state index contributed by atoms with van der Waals surface area (Å²) in [6.07, 6.45) is 6.92. The van der Waals surface area contributed by atoms with Crippen LogP contribution in [0.4, 0.5) is 0 Å². The highest BCUT2D eigenvalue weighted by atomic mass is 16.1.